The van der Waals surface area contributed by atoms with Gasteiger partial charge in [0.05, 0.1) is 5.60 Å². The number of methoxy groups -OCH3 is 1. The van der Waals surface area contributed by atoms with E-state index in [1.54, 1.807) is 0 Å². The van der Waals surface area contributed by atoms with Crippen molar-refractivity contribution in [2.24, 2.45) is 11.8 Å². The summed E-state index contributed by atoms with van der Waals surface area (Å²) in [7, 11) is 1.83. The van der Waals surface area contributed by atoms with E-state index in [1.165, 1.54) is 32.1 Å². The predicted molar refractivity (Wildman–Crippen MR) is 78.9 cm³/mol. The molecule has 1 fully saturated rings. The SMILES string of the molecule is CCCNC(CC(C)(C)OC)C1CCC(C)CC1. The maximum Gasteiger partial charge on any atom is 0.0637 e. The smallest absolute Gasteiger partial charge is 0.0637 e. The molecule has 18 heavy (non-hydrogen) atoms. The number of ether oxygens (including phenoxy) is 1. The molecular formula is C16H33NO. The van der Waals surface area contributed by atoms with Crippen molar-refractivity contribution in [3.63, 3.8) is 0 Å². The molecule has 1 rings (SSSR count). The van der Waals surface area contributed by atoms with E-state index in [4.69, 9.17) is 4.74 Å². The summed E-state index contributed by atoms with van der Waals surface area (Å²) >= 11 is 0. The molecule has 0 amide bonds. The third-order valence-corrected chi connectivity index (χ3v) is 4.55. The van der Waals surface area contributed by atoms with Gasteiger partial charge in [0, 0.05) is 13.2 Å². The molecule has 108 valence electrons. The molecule has 2 heteroatoms. The van der Waals surface area contributed by atoms with Crippen LogP contribution in [0.3, 0.4) is 0 Å². The molecule has 0 saturated heterocycles. The second-order valence-corrected chi connectivity index (χ2v) is 6.75. The zero-order valence-electron chi connectivity index (χ0n) is 13.1. The summed E-state index contributed by atoms with van der Waals surface area (Å²) in [6, 6.07) is 0.632. The van der Waals surface area contributed by atoms with Crippen molar-refractivity contribution in [3.05, 3.63) is 0 Å². The Kier molecular flexibility index (Phi) is 6.65. The van der Waals surface area contributed by atoms with Crippen molar-refractivity contribution >= 4 is 0 Å². The van der Waals surface area contributed by atoms with Crippen molar-refractivity contribution in [3.8, 4) is 0 Å². The van der Waals surface area contributed by atoms with E-state index in [-0.39, 0.29) is 5.60 Å². The normalized spacial score (nSPS) is 27.2. The number of hydrogen-bond donors (Lipinski definition) is 1. The third kappa shape index (κ3) is 5.27. The highest BCUT2D eigenvalue weighted by atomic mass is 16.5. The fraction of sp³-hybridized carbons (Fsp3) is 1.00. The van der Waals surface area contributed by atoms with Gasteiger partial charge in [0.25, 0.3) is 0 Å². The molecule has 0 aliphatic heterocycles. The van der Waals surface area contributed by atoms with E-state index < -0.39 is 0 Å². The van der Waals surface area contributed by atoms with Gasteiger partial charge in [-0.1, -0.05) is 26.7 Å². The molecule has 2 nitrogen and oxygen atoms in total. The quantitative estimate of drug-likeness (QED) is 0.742. The van der Waals surface area contributed by atoms with E-state index in [2.05, 4.69) is 33.0 Å². The molecule has 1 aliphatic carbocycles. The van der Waals surface area contributed by atoms with Gasteiger partial charge in [-0.05, 0) is 57.9 Å². The molecule has 0 spiro atoms. The van der Waals surface area contributed by atoms with E-state index in [9.17, 15) is 0 Å². The Morgan fingerprint density at radius 3 is 2.33 bits per heavy atom. The van der Waals surface area contributed by atoms with Gasteiger partial charge in [-0.15, -0.1) is 0 Å². The first-order valence-electron chi connectivity index (χ1n) is 7.77. The topological polar surface area (TPSA) is 21.3 Å². The van der Waals surface area contributed by atoms with Gasteiger partial charge < -0.3 is 10.1 Å². The number of nitrogens with one attached hydrogen (secondary N) is 1. The summed E-state index contributed by atoms with van der Waals surface area (Å²) in [6.45, 7) is 10.2. The molecule has 0 aromatic rings. The summed E-state index contributed by atoms with van der Waals surface area (Å²) in [5.41, 5.74) is -0.00548. The van der Waals surface area contributed by atoms with Crippen LogP contribution in [0.4, 0.5) is 0 Å². The minimum absolute atomic E-state index is 0.00548. The molecule has 0 heterocycles. The Morgan fingerprint density at radius 2 is 1.83 bits per heavy atom. The summed E-state index contributed by atoms with van der Waals surface area (Å²) in [5.74, 6) is 1.78. The third-order valence-electron chi connectivity index (χ3n) is 4.55. The van der Waals surface area contributed by atoms with Crippen LogP contribution in [0.2, 0.25) is 0 Å². The van der Waals surface area contributed by atoms with Crippen molar-refractivity contribution in [2.75, 3.05) is 13.7 Å². The van der Waals surface area contributed by atoms with Crippen LogP contribution in [0.5, 0.6) is 0 Å². The van der Waals surface area contributed by atoms with Gasteiger partial charge >= 0.3 is 0 Å². The lowest BCUT2D eigenvalue weighted by Gasteiger charge is -2.37. The minimum Gasteiger partial charge on any atom is -0.379 e. The number of rotatable bonds is 7. The monoisotopic (exact) mass is 255 g/mol. The van der Waals surface area contributed by atoms with Gasteiger partial charge in [-0.25, -0.2) is 0 Å². The van der Waals surface area contributed by atoms with Crippen molar-refractivity contribution in [1.29, 1.82) is 0 Å². The first kappa shape index (κ1) is 16.0. The summed E-state index contributed by atoms with van der Waals surface area (Å²) < 4.78 is 5.62. The maximum absolute atomic E-state index is 5.62. The van der Waals surface area contributed by atoms with Crippen molar-refractivity contribution < 1.29 is 4.74 Å². The summed E-state index contributed by atoms with van der Waals surface area (Å²) in [6.07, 6.45) is 7.94. The molecule has 1 unspecified atom stereocenters. The second-order valence-electron chi connectivity index (χ2n) is 6.75. The lowest BCUT2D eigenvalue weighted by atomic mass is 9.76. The lowest BCUT2D eigenvalue weighted by molar-refractivity contribution is -0.00130. The van der Waals surface area contributed by atoms with E-state index >= 15 is 0 Å². The molecule has 0 bridgehead atoms. The largest absolute Gasteiger partial charge is 0.379 e. The molecular weight excluding hydrogens is 222 g/mol. The van der Waals surface area contributed by atoms with Crippen LogP contribution in [-0.2, 0) is 4.74 Å². The summed E-state index contributed by atoms with van der Waals surface area (Å²) in [4.78, 5) is 0. The molecule has 0 aromatic heterocycles. The first-order valence-corrected chi connectivity index (χ1v) is 7.77. The van der Waals surface area contributed by atoms with Gasteiger partial charge in [0.15, 0.2) is 0 Å². The van der Waals surface area contributed by atoms with Crippen LogP contribution < -0.4 is 5.32 Å². The average molecular weight is 255 g/mol. The van der Waals surface area contributed by atoms with Crippen LogP contribution in [0.15, 0.2) is 0 Å². The Bertz CT molecular complexity index is 219. The highest BCUT2D eigenvalue weighted by molar-refractivity contribution is 4.86. The minimum atomic E-state index is -0.00548. The van der Waals surface area contributed by atoms with E-state index in [0.717, 1.165) is 24.8 Å². The fourth-order valence-corrected chi connectivity index (χ4v) is 3.04. The standard InChI is InChI=1S/C16H33NO/c1-6-11-17-15(12-16(3,4)18-5)14-9-7-13(2)8-10-14/h13-15,17H,6-12H2,1-5H3. The van der Waals surface area contributed by atoms with Crippen LogP contribution in [0.25, 0.3) is 0 Å². The molecule has 1 N–H and O–H groups in total. The predicted octanol–water partition coefficient (Wildman–Crippen LogP) is 4.00. The van der Waals surface area contributed by atoms with Crippen LogP contribution in [-0.4, -0.2) is 25.3 Å². The van der Waals surface area contributed by atoms with Crippen LogP contribution in [0.1, 0.15) is 66.2 Å². The van der Waals surface area contributed by atoms with Gasteiger partial charge in [-0.2, -0.15) is 0 Å². The zero-order chi connectivity index (χ0) is 13.6. The van der Waals surface area contributed by atoms with Crippen molar-refractivity contribution in [2.45, 2.75) is 77.9 Å². The Balaban J connectivity index is 2.54. The first-order chi connectivity index (χ1) is 8.48. The second kappa shape index (κ2) is 7.49. The highest BCUT2D eigenvalue weighted by Crippen LogP contribution is 2.33. The Hall–Kier alpha value is -0.0800. The van der Waals surface area contributed by atoms with Crippen molar-refractivity contribution in [1.82, 2.24) is 5.32 Å². The van der Waals surface area contributed by atoms with E-state index in [1.807, 2.05) is 7.11 Å². The molecule has 1 atom stereocenters. The maximum atomic E-state index is 5.62. The summed E-state index contributed by atoms with van der Waals surface area (Å²) in [5, 5.41) is 3.76. The Morgan fingerprint density at radius 1 is 1.22 bits per heavy atom. The number of hydrogen-bond acceptors (Lipinski definition) is 2. The van der Waals surface area contributed by atoms with Crippen LogP contribution in [0, 0.1) is 11.8 Å². The van der Waals surface area contributed by atoms with Gasteiger partial charge in [0.1, 0.15) is 0 Å². The lowest BCUT2D eigenvalue weighted by Crippen LogP contribution is -2.43. The molecule has 0 aromatic carbocycles. The molecule has 1 saturated carbocycles. The fourth-order valence-electron chi connectivity index (χ4n) is 3.04. The van der Waals surface area contributed by atoms with Gasteiger partial charge in [-0.3, -0.25) is 0 Å². The van der Waals surface area contributed by atoms with E-state index in [0.29, 0.717) is 6.04 Å². The Labute approximate surface area is 114 Å². The van der Waals surface area contributed by atoms with Gasteiger partial charge in [0.2, 0.25) is 0 Å². The molecule has 1 aliphatic rings. The molecule has 0 radical (unpaired) electrons. The zero-order valence-corrected chi connectivity index (χ0v) is 13.1. The highest BCUT2D eigenvalue weighted by Gasteiger charge is 2.30. The average Bonchev–Trinajstić information content (AvgIpc) is 2.35. The van der Waals surface area contributed by atoms with Crippen LogP contribution >= 0.6 is 0 Å².